The fourth-order valence-electron chi connectivity index (χ4n) is 3.07. The summed E-state index contributed by atoms with van der Waals surface area (Å²) in [5, 5.41) is 1.11. The summed E-state index contributed by atoms with van der Waals surface area (Å²) in [7, 11) is 0. The van der Waals surface area contributed by atoms with E-state index in [9.17, 15) is 0 Å². The van der Waals surface area contributed by atoms with Crippen LogP contribution < -0.4 is 10.5 Å². The van der Waals surface area contributed by atoms with Crippen LogP contribution in [0.15, 0.2) is 36.5 Å². The third-order valence-corrected chi connectivity index (χ3v) is 4.49. The van der Waals surface area contributed by atoms with Crippen molar-refractivity contribution in [3.05, 3.63) is 36.5 Å². The predicted octanol–water partition coefficient (Wildman–Crippen LogP) is 3.52. The number of para-hydroxylation sites is 1. The van der Waals surface area contributed by atoms with Crippen LogP contribution in [0.25, 0.3) is 10.9 Å². The van der Waals surface area contributed by atoms with Crippen LogP contribution in [0.2, 0.25) is 0 Å². The average molecular weight is 270 g/mol. The lowest BCUT2D eigenvalue weighted by Gasteiger charge is -2.41. The third-order valence-electron chi connectivity index (χ3n) is 4.49. The highest BCUT2D eigenvalue weighted by Crippen LogP contribution is 2.37. The molecule has 1 heterocycles. The molecule has 2 atom stereocenters. The second kappa shape index (κ2) is 5.06. The molecule has 106 valence electrons. The zero-order chi connectivity index (χ0) is 14.2. The van der Waals surface area contributed by atoms with Crippen molar-refractivity contribution in [1.29, 1.82) is 0 Å². The van der Waals surface area contributed by atoms with Crippen LogP contribution in [-0.2, 0) is 0 Å². The van der Waals surface area contributed by atoms with E-state index in [2.05, 4.69) is 31.0 Å². The normalized spacial score (nSPS) is 25.6. The highest BCUT2D eigenvalue weighted by atomic mass is 16.5. The molecule has 3 nitrogen and oxygen atoms in total. The average Bonchev–Trinajstić information content (AvgIpc) is 2.44. The molecule has 1 aromatic carbocycles. The molecule has 0 aliphatic heterocycles. The lowest BCUT2D eigenvalue weighted by molar-refractivity contribution is 0.0577. The van der Waals surface area contributed by atoms with E-state index in [0.29, 0.717) is 0 Å². The van der Waals surface area contributed by atoms with Crippen molar-refractivity contribution in [2.75, 3.05) is 0 Å². The second-order valence-electron chi connectivity index (χ2n) is 6.39. The quantitative estimate of drug-likeness (QED) is 0.908. The van der Waals surface area contributed by atoms with Gasteiger partial charge in [-0.2, -0.15) is 0 Å². The van der Waals surface area contributed by atoms with Crippen molar-refractivity contribution in [3.8, 4) is 5.75 Å². The molecule has 1 aliphatic carbocycles. The highest BCUT2D eigenvalue weighted by molar-refractivity contribution is 5.84. The smallest absolute Gasteiger partial charge is 0.146 e. The van der Waals surface area contributed by atoms with E-state index < -0.39 is 0 Å². The van der Waals surface area contributed by atoms with Gasteiger partial charge in [-0.25, -0.2) is 0 Å². The van der Waals surface area contributed by atoms with Gasteiger partial charge >= 0.3 is 0 Å². The number of fused-ring (bicyclic) bond motifs is 1. The molecule has 0 amide bonds. The molecule has 0 spiro atoms. The first-order valence-corrected chi connectivity index (χ1v) is 7.34. The zero-order valence-corrected chi connectivity index (χ0v) is 12.2. The van der Waals surface area contributed by atoms with E-state index in [4.69, 9.17) is 10.5 Å². The Morgan fingerprint density at radius 1 is 1.25 bits per heavy atom. The summed E-state index contributed by atoms with van der Waals surface area (Å²) in [4.78, 5) is 4.44. The largest absolute Gasteiger partial charge is 0.487 e. The first-order valence-electron chi connectivity index (χ1n) is 7.34. The number of benzene rings is 1. The van der Waals surface area contributed by atoms with E-state index in [1.165, 1.54) is 12.8 Å². The van der Waals surface area contributed by atoms with Gasteiger partial charge in [-0.05, 0) is 36.8 Å². The van der Waals surface area contributed by atoms with Crippen molar-refractivity contribution >= 4 is 10.9 Å². The van der Waals surface area contributed by atoms with Crippen molar-refractivity contribution in [1.82, 2.24) is 4.98 Å². The maximum absolute atomic E-state index is 6.40. The third kappa shape index (κ3) is 2.38. The first-order chi connectivity index (χ1) is 9.58. The van der Waals surface area contributed by atoms with Gasteiger partial charge in [0.05, 0.1) is 0 Å². The standard InChI is InChI=1S/C17H22N2O/c1-17(2)10-4-9-14(16(17)18)20-13-8-3-6-12-7-5-11-19-15(12)13/h3,5-8,11,14,16H,4,9-10,18H2,1-2H3. The van der Waals surface area contributed by atoms with Crippen LogP contribution in [0.5, 0.6) is 5.75 Å². The topological polar surface area (TPSA) is 48.1 Å². The molecule has 20 heavy (non-hydrogen) atoms. The van der Waals surface area contributed by atoms with E-state index in [1.807, 2.05) is 18.2 Å². The van der Waals surface area contributed by atoms with Crippen molar-refractivity contribution < 1.29 is 4.74 Å². The Morgan fingerprint density at radius 3 is 2.90 bits per heavy atom. The molecule has 3 rings (SSSR count). The summed E-state index contributed by atoms with van der Waals surface area (Å²) >= 11 is 0. The van der Waals surface area contributed by atoms with Gasteiger partial charge in [0.2, 0.25) is 0 Å². The van der Waals surface area contributed by atoms with Crippen LogP contribution in [0, 0.1) is 5.41 Å². The molecule has 3 heteroatoms. The fourth-order valence-corrected chi connectivity index (χ4v) is 3.07. The summed E-state index contributed by atoms with van der Waals surface area (Å²) in [6.07, 6.45) is 5.24. The highest BCUT2D eigenvalue weighted by Gasteiger charge is 2.37. The maximum Gasteiger partial charge on any atom is 0.146 e. The minimum atomic E-state index is 0.0650. The molecule has 0 saturated heterocycles. The number of hydrogen-bond acceptors (Lipinski definition) is 3. The summed E-state index contributed by atoms with van der Waals surface area (Å²) in [6, 6.07) is 10.1. The monoisotopic (exact) mass is 270 g/mol. The molecule has 1 fully saturated rings. The Kier molecular flexibility index (Phi) is 3.38. The minimum Gasteiger partial charge on any atom is -0.487 e. The maximum atomic E-state index is 6.40. The van der Waals surface area contributed by atoms with Gasteiger partial charge in [0.15, 0.2) is 0 Å². The van der Waals surface area contributed by atoms with Crippen molar-refractivity contribution in [2.45, 2.75) is 45.3 Å². The Morgan fingerprint density at radius 2 is 2.05 bits per heavy atom. The number of nitrogens with zero attached hydrogens (tertiary/aromatic N) is 1. The second-order valence-corrected chi connectivity index (χ2v) is 6.39. The lowest BCUT2D eigenvalue weighted by Crippen LogP contribution is -2.51. The number of rotatable bonds is 2. The van der Waals surface area contributed by atoms with Gasteiger partial charge in [0.25, 0.3) is 0 Å². The van der Waals surface area contributed by atoms with E-state index in [-0.39, 0.29) is 17.6 Å². The molecule has 1 aliphatic rings. The van der Waals surface area contributed by atoms with Crippen molar-refractivity contribution in [3.63, 3.8) is 0 Å². The van der Waals surface area contributed by atoms with Gasteiger partial charge in [0, 0.05) is 17.6 Å². The Bertz CT molecular complexity index is 603. The molecule has 0 radical (unpaired) electrons. The van der Waals surface area contributed by atoms with Crippen molar-refractivity contribution in [2.24, 2.45) is 11.1 Å². The number of pyridine rings is 1. The number of aromatic nitrogens is 1. The SMILES string of the molecule is CC1(C)CCCC(Oc2cccc3cccnc23)C1N. The molecule has 2 aromatic rings. The Labute approximate surface area is 120 Å². The Hall–Kier alpha value is -1.61. The molecule has 1 aromatic heterocycles. The summed E-state index contributed by atoms with van der Waals surface area (Å²) < 4.78 is 6.23. The van der Waals surface area contributed by atoms with Crippen LogP contribution in [0.4, 0.5) is 0 Å². The summed E-state index contributed by atoms with van der Waals surface area (Å²) in [6.45, 7) is 4.46. The summed E-state index contributed by atoms with van der Waals surface area (Å²) in [5.74, 6) is 0.848. The molecule has 1 saturated carbocycles. The van der Waals surface area contributed by atoms with Gasteiger partial charge in [-0.3, -0.25) is 4.98 Å². The Balaban J connectivity index is 1.90. The fraction of sp³-hybridized carbons (Fsp3) is 0.471. The molecular formula is C17H22N2O. The van der Waals surface area contributed by atoms with Gasteiger partial charge in [-0.1, -0.05) is 32.0 Å². The van der Waals surface area contributed by atoms with Crippen LogP contribution in [0.3, 0.4) is 0 Å². The number of ether oxygens (including phenoxy) is 1. The molecule has 2 unspecified atom stereocenters. The first kappa shape index (κ1) is 13.4. The summed E-state index contributed by atoms with van der Waals surface area (Å²) in [5.41, 5.74) is 7.46. The van der Waals surface area contributed by atoms with E-state index in [0.717, 1.165) is 23.1 Å². The predicted molar refractivity (Wildman–Crippen MR) is 81.8 cm³/mol. The zero-order valence-electron chi connectivity index (χ0n) is 12.2. The van der Waals surface area contributed by atoms with Gasteiger partial charge in [0.1, 0.15) is 17.4 Å². The lowest BCUT2D eigenvalue weighted by atomic mass is 9.72. The van der Waals surface area contributed by atoms with E-state index in [1.54, 1.807) is 6.20 Å². The van der Waals surface area contributed by atoms with Crippen LogP contribution in [-0.4, -0.2) is 17.1 Å². The van der Waals surface area contributed by atoms with E-state index >= 15 is 0 Å². The van der Waals surface area contributed by atoms with Crippen LogP contribution in [0.1, 0.15) is 33.1 Å². The number of nitrogens with two attached hydrogens (primary N) is 1. The number of hydrogen-bond donors (Lipinski definition) is 1. The van der Waals surface area contributed by atoms with Gasteiger partial charge in [-0.15, -0.1) is 0 Å². The molecular weight excluding hydrogens is 248 g/mol. The molecule has 0 bridgehead atoms. The minimum absolute atomic E-state index is 0.0650. The molecule has 2 N–H and O–H groups in total. The van der Waals surface area contributed by atoms with Gasteiger partial charge < -0.3 is 10.5 Å². The van der Waals surface area contributed by atoms with Crippen LogP contribution >= 0.6 is 0 Å².